The Morgan fingerprint density at radius 2 is 1.40 bits per heavy atom. The lowest BCUT2D eigenvalue weighted by molar-refractivity contribution is -0.136. The first-order valence-electron chi connectivity index (χ1n) is 9.48. The SMILES string of the molecule is CC(=O)N1CCN(C(=O)CS(=O)(=O)Cc2ccc(Oc3ccc(F)cc3)cc2)CC1. The number of rotatable bonds is 6. The van der Waals surface area contributed by atoms with Crippen LogP contribution in [-0.2, 0) is 25.2 Å². The van der Waals surface area contributed by atoms with Crippen molar-refractivity contribution in [2.45, 2.75) is 12.7 Å². The van der Waals surface area contributed by atoms with Crippen molar-refractivity contribution in [3.63, 3.8) is 0 Å². The van der Waals surface area contributed by atoms with Crippen LogP contribution in [0.25, 0.3) is 0 Å². The highest BCUT2D eigenvalue weighted by Gasteiger charge is 2.26. The van der Waals surface area contributed by atoms with Gasteiger partial charge in [0.15, 0.2) is 9.84 Å². The summed E-state index contributed by atoms with van der Waals surface area (Å²) in [5.74, 6) is -0.743. The summed E-state index contributed by atoms with van der Waals surface area (Å²) in [5.41, 5.74) is 0.538. The first-order valence-corrected chi connectivity index (χ1v) is 11.3. The number of amides is 2. The van der Waals surface area contributed by atoms with Crippen LogP contribution in [0, 0.1) is 5.82 Å². The summed E-state index contributed by atoms with van der Waals surface area (Å²) >= 11 is 0. The Morgan fingerprint density at radius 1 is 0.900 bits per heavy atom. The zero-order chi connectivity index (χ0) is 21.7. The van der Waals surface area contributed by atoms with Crippen molar-refractivity contribution in [1.29, 1.82) is 0 Å². The van der Waals surface area contributed by atoms with Gasteiger partial charge < -0.3 is 14.5 Å². The van der Waals surface area contributed by atoms with E-state index >= 15 is 0 Å². The normalized spacial score (nSPS) is 14.5. The number of sulfone groups is 1. The molecule has 30 heavy (non-hydrogen) atoms. The van der Waals surface area contributed by atoms with Gasteiger partial charge in [-0.25, -0.2) is 12.8 Å². The van der Waals surface area contributed by atoms with Gasteiger partial charge in [-0.1, -0.05) is 12.1 Å². The number of halogens is 1. The number of hydrogen-bond donors (Lipinski definition) is 0. The third-order valence-corrected chi connectivity index (χ3v) is 6.24. The standard InChI is InChI=1S/C21H23FN2O5S/c1-16(25)23-10-12-24(13-11-23)21(26)15-30(27,28)14-17-2-6-19(7-3-17)29-20-8-4-18(22)5-9-20/h2-9H,10-15H2,1H3. The van der Waals surface area contributed by atoms with E-state index in [-0.39, 0.29) is 17.5 Å². The van der Waals surface area contributed by atoms with E-state index in [9.17, 15) is 22.4 Å². The molecule has 1 aliphatic rings. The lowest BCUT2D eigenvalue weighted by Crippen LogP contribution is -2.51. The highest BCUT2D eigenvalue weighted by Crippen LogP contribution is 2.22. The second-order valence-corrected chi connectivity index (χ2v) is 9.18. The van der Waals surface area contributed by atoms with Gasteiger partial charge in [0.2, 0.25) is 11.8 Å². The average molecular weight is 434 g/mol. The maximum atomic E-state index is 12.9. The molecule has 160 valence electrons. The molecular formula is C21H23FN2O5S. The van der Waals surface area contributed by atoms with Crippen LogP contribution in [0.15, 0.2) is 48.5 Å². The molecule has 0 unspecified atom stereocenters. The molecule has 3 rings (SSSR count). The van der Waals surface area contributed by atoms with Crippen LogP contribution >= 0.6 is 0 Å². The van der Waals surface area contributed by atoms with Gasteiger partial charge in [0.25, 0.3) is 0 Å². The van der Waals surface area contributed by atoms with Crippen LogP contribution in [0.4, 0.5) is 4.39 Å². The topological polar surface area (TPSA) is 84.0 Å². The number of benzene rings is 2. The van der Waals surface area contributed by atoms with E-state index in [1.807, 2.05) is 0 Å². The number of nitrogens with zero attached hydrogens (tertiary/aromatic N) is 2. The van der Waals surface area contributed by atoms with Crippen LogP contribution in [0.1, 0.15) is 12.5 Å². The van der Waals surface area contributed by atoms with E-state index < -0.39 is 21.5 Å². The molecule has 0 radical (unpaired) electrons. The van der Waals surface area contributed by atoms with Gasteiger partial charge in [-0.3, -0.25) is 9.59 Å². The fraction of sp³-hybridized carbons (Fsp3) is 0.333. The van der Waals surface area contributed by atoms with Crippen molar-refractivity contribution in [3.8, 4) is 11.5 Å². The molecule has 9 heteroatoms. The summed E-state index contributed by atoms with van der Waals surface area (Å²) < 4.78 is 43.4. The summed E-state index contributed by atoms with van der Waals surface area (Å²) in [7, 11) is -3.64. The maximum Gasteiger partial charge on any atom is 0.237 e. The van der Waals surface area contributed by atoms with Crippen molar-refractivity contribution < 1.29 is 27.1 Å². The highest BCUT2D eigenvalue weighted by atomic mass is 32.2. The summed E-state index contributed by atoms with van der Waals surface area (Å²) in [6.07, 6.45) is 0. The largest absolute Gasteiger partial charge is 0.457 e. The van der Waals surface area contributed by atoms with E-state index in [0.29, 0.717) is 43.2 Å². The second kappa shape index (κ2) is 9.25. The van der Waals surface area contributed by atoms with Gasteiger partial charge in [-0.2, -0.15) is 0 Å². The van der Waals surface area contributed by atoms with E-state index in [1.165, 1.54) is 36.1 Å². The van der Waals surface area contributed by atoms with Crippen LogP contribution in [0.3, 0.4) is 0 Å². The molecule has 0 bridgehead atoms. The van der Waals surface area contributed by atoms with Gasteiger partial charge in [-0.05, 0) is 42.0 Å². The maximum absolute atomic E-state index is 12.9. The van der Waals surface area contributed by atoms with E-state index in [4.69, 9.17) is 4.74 Å². The Bertz CT molecular complexity index is 999. The summed E-state index contributed by atoms with van der Waals surface area (Å²) in [4.78, 5) is 26.8. The number of hydrogen-bond acceptors (Lipinski definition) is 5. The van der Waals surface area contributed by atoms with Crippen LogP contribution in [0.2, 0.25) is 0 Å². The van der Waals surface area contributed by atoms with E-state index in [0.717, 1.165) is 0 Å². The van der Waals surface area contributed by atoms with Crippen LogP contribution < -0.4 is 4.74 Å². The molecule has 2 amide bonds. The van der Waals surface area contributed by atoms with Crippen molar-refractivity contribution in [2.75, 3.05) is 31.9 Å². The third kappa shape index (κ3) is 6.03. The minimum absolute atomic E-state index is 0.0541. The number of carbonyl (C=O) groups is 2. The number of piperazine rings is 1. The highest BCUT2D eigenvalue weighted by molar-refractivity contribution is 7.91. The molecule has 1 saturated heterocycles. The first-order chi connectivity index (χ1) is 14.2. The van der Waals surface area contributed by atoms with Crippen LogP contribution in [-0.4, -0.2) is 62.0 Å². The van der Waals surface area contributed by atoms with Crippen molar-refractivity contribution in [3.05, 3.63) is 59.9 Å². The van der Waals surface area contributed by atoms with Gasteiger partial charge in [0, 0.05) is 33.1 Å². The quantitative estimate of drug-likeness (QED) is 0.696. The van der Waals surface area contributed by atoms with Gasteiger partial charge in [-0.15, -0.1) is 0 Å². The summed E-state index contributed by atoms with van der Waals surface area (Å²) in [6, 6.07) is 12.0. The smallest absolute Gasteiger partial charge is 0.237 e. The van der Waals surface area contributed by atoms with Gasteiger partial charge in [0.05, 0.1) is 5.75 Å². The molecule has 0 aromatic heterocycles. The molecule has 1 heterocycles. The number of ether oxygens (including phenoxy) is 1. The third-order valence-electron chi connectivity index (χ3n) is 4.78. The van der Waals surface area contributed by atoms with Crippen molar-refractivity contribution >= 4 is 21.7 Å². The van der Waals surface area contributed by atoms with E-state index in [1.54, 1.807) is 29.2 Å². The van der Waals surface area contributed by atoms with Gasteiger partial charge >= 0.3 is 0 Å². The second-order valence-electron chi connectivity index (χ2n) is 7.12. The molecule has 2 aromatic carbocycles. The fourth-order valence-electron chi connectivity index (χ4n) is 3.15. The van der Waals surface area contributed by atoms with Gasteiger partial charge in [0.1, 0.15) is 23.1 Å². The molecule has 0 atom stereocenters. The van der Waals surface area contributed by atoms with E-state index in [2.05, 4.69) is 0 Å². The first kappa shape index (κ1) is 21.8. The zero-order valence-corrected chi connectivity index (χ0v) is 17.4. The minimum Gasteiger partial charge on any atom is -0.457 e. The molecule has 0 spiro atoms. The molecule has 7 nitrogen and oxygen atoms in total. The lowest BCUT2D eigenvalue weighted by atomic mass is 10.2. The average Bonchev–Trinajstić information content (AvgIpc) is 2.70. The molecule has 0 N–H and O–H groups in total. The predicted octanol–water partition coefficient (Wildman–Crippen LogP) is 2.22. The molecule has 1 aliphatic heterocycles. The molecule has 1 fully saturated rings. The molecule has 2 aromatic rings. The Balaban J connectivity index is 1.54. The van der Waals surface area contributed by atoms with Crippen molar-refractivity contribution in [2.24, 2.45) is 0 Å². The zero-order valence-electron chi connectivity index (χ0n) is 16.6. The predicted molar refractivity (Wildman–Crippen MR) is 109 cm³/mol. The monoisotopic (exact) mass is 434 g/mol. The Hall–Kier alpha value is -2.94. The van der Waals surface area contributed by atoms with Crippen molar-refractivity contribution in [1.82, 2.24) is 9.80 Å². The fourth-order valence-corrected chi connectivity index (χ4v) is 4.51. The Kier molecular flexibility index (Phi) is 6.71. The summed E-state index contributed by atoms with van der Waals surface area (Å²) in [5, 5.41) is 0. The van der Waals surface area contributed by atoms with Crippen LogP contribution in [0.5, 0.6) is 11.5 Å². The summed E-state index contributed by atoms with van der Waals surface area (Å²) in [6.45, 7) is 2.97. The molecular weight excluding hydrogens is 411 g/mol. The molecule has 0 aliphatic carbocycles. The Labute approximate surface area is 175 Å². The number of carbonyl (C=O) groups excluding carboxylic acids is 2. The minimum atomic E-state index is -3.64. The lowest BCUT2D eigenvalue weighted by Gasteiger charge is -2.34. The molecule has 0 saturated carbocycles. The Morgan fingerprint density at radius 3 is 1.93 bits per heavy atom.